The molecule has 198 valence electrons. The Kier molecular flexibility index (Phi) is 7.76. The van der Waals surface area contributed by atoms with Gasteiger partial charge in [0.25, 0.3) is 5.91 Å². The number of ether oxygens (including phenoxy) is 1. The molecule has 3 N–H and O–H groups in total. The third-order valence-electron chi connectivity index (χ3n) is 7.67. The van der Waals surface area contributed by atoms with Crippen molar-refractivity contribution in [2.75, 3.05) is 33.4 Å². The van der Waals surface area contributed by atoms with Crippen LogP contribution in [-0.2, 0) is 9.53 Å². The van der Waals surface area contributed by atoms with E-state index in [2.05, 4.69) is 20.6 Å². The third-order valence-corrected chi connectivity index (χ3v) is 7.67. The first-order valence-corrected chi connectivity index (χ1v) is 13.2. The van der Waals surface area contributed by atoms with Crippen molar-refractivity contribution in [3.05, 3.63) is 60.0 Å². The normalized spacial score (nSPS) is 20.3. The van der Waals surface area contributed by atoms with Crippen LogP contribution in [0.4, 0.5) is 0 Å². The van der Waals surface area contributed by atoms with Crippen LogP contribution >= 0.6 is 0 Å². The predicted molar refractivity (Wildman–Crippen MR) is 146 cm³/mol. The molecule has 2 saturated heterocycles. The molecular weight excluding hydrogens is 480 g/mol. The molecule has 2 fully saturated rings. The van der Waals surface area contributed by atoms with Gasteiger partial charge in [0, 0.05) is 92.9 Å². The van der Waals surface area contributed by atoms with E-state index in [1.165, 1.54) is 0 Å². The lowest BCUT2D eigenvalue weighted by Crippen LogP contribution is -2.56. The Hall–Kier alpha value is -3.69. The quantitative estimate of drug-likeness (QED) is 0.435. The first kappa shape index (κ1) is 25.9. The van der Waals surface area contributed by atoms with E-state index in [0.29, 0.717) is 30.5 Å². The summed E-state index contributed by atoms with van der Waals surface area (Å²) in [5.41, 5.74) is 3.27. The van der Waals surface area contributed by atoms with Crippen LogP contribution in [0.5, 0.6) is 0 Å². The molecule has 0 spiro atoms. The number of amides is 2. The summed E-state index contributed by atoms with van der Waals surface area (Å²) in [6.07, 6.45) is 6.21. The highest BCUT2D eigenvalue weighted by molar-refractivity contribution is 6.11. The van der Waals surface area contributed by atoms with Crippen LogP contribution in [0, 0.1) is 11.3 Å². The maximum atomic E-state index is 12.2. The second kappa shape index (κ2) is 11.4. The molecule has 2 atom stereocenters. The Morgan fingerprint density at radius 1 is 1.08 bits per heavy atom. The van der Waals surface area contributed by atoms with Gasteiger partial charge in [0.15, 0.2) is 0 Å². The second-order valence-electron chi connectivity index (χ2n) is 10.0. The number of aromatic nitrogens is 2. The number of hydrogen-bond acceptors (Lipinski definition) is 7. The first-order valence-electron chi connectivity index (χ1n) is 13.2. The zero-order valence-electron chi connectivity index (χ0n) is 21.9. The highest BCUT2D eigenvalue weighted by Crippen LogP contribution is 2.29. The number of fused-ring (bicyclic) bond motifs is 1. The SMILES string of the molecule is CNC(=O)c1ccc(-c2cc3cccc(C(=N)C4CN(C(C)=O)CCC4NC4CCOCC4)c3cn2)cn1. The van der Waals surface area contributed by atoms with Crippen molar-refractivity contribution in [1.82, 2.24) is 25.5 Å². The maximum Gasteiger partial charge on any atom is 0.269 e. The van der Waals surface area contributed by atoms with Crippen LogP contribution in [0.1, 0.15) is 42.2 Å². The number of carbonyl (C=O) groups is 2. The van der Waals surface area contributed by atoms with Crippen molar-refractivity contribution in [2.24, 2.45) is 5.92 Å². The fourth-order valence-corrected chi connectivity index (χ4v) is 5.47. The molecule has 0 radical (unpaired) electrons. The maximum absolute atomic E-state index is 12.2. The third kappa shape index (κ3) is 5.44. The summed E-state index contributed by atoms with van der Waals surface area (Å²) in [6.45, 7) is 4.35. The molecule has 3 aromatic rings. The molecule has 38 heavy (non-hydrogen) atoms. The molecule has 2 aliphatic heterocycles. The van der Waals surface area contributed by atoms with Crippen LogP contribution < -0.4 is 10.6 Å². The summed E-state index contributed by atoms with van der Waals surface area (Å²) in [7, 11) is 1.58. The van der Waals surface area contributed by atoms with Gasteiger partial charge in [-0.1, -0.05) is 18.2 Å². The minimum Gasteiger partial charge on any atom is -0.381 e. The van der Waals surface area contributed by atoms with Crippen LogP contribution in [0.2, 0.25) is 0 Å². The Morgan fingerprint density at radius 3 is 2.61 bits per heavy atom. The molecule has 9 heteroatoms. The van der Waals surface area contributed by atoms with Crippen molar-refractivity contribution in [3.63, 3.8) is 0 Å². The predicted octanol–water partition coefficient (Wildman–Crippen LogP) is 3.03. The zero-order chi connectivity index (χ0) is 26.6. The number of likely N-dealkylation sites (tertiary alicyclic amines) is 1. The summed E-state index contributed by atoms with van der Waals surface area (Å²) < 4.78 is 5.53. The van der Waals surface area contributed by atoms with Crippen LogP contribution in [0.25, 0.3) is 22.0 Å². The smallest absolute Gasteiger partial charge is 0.269 e. The van der Waals surface area contributed by atoms with Crippen molar-refractivity contribution in [1.29, 1.82) is 5.41 Å². The lowest BCUT2D eigenvalue weighted by Gasteiger charge is -2.41. The average Bonchev–Trinajstić information content (AvgIpc) is 2.96. The number of nitrogens with zero attached hydrogens (tertiary/aromatic N) is 3. The molecule has 9 nitrogen and oxygen atoms in total. The van der Waals surface area contributed by atoms with Gasteiger partial charge in [-0.15, -0.1) is 0 Å². The van der Waals surface area contributed by atoms with Gasteiger partial charge in [0.2, 0.25) is 5.91 Å². The number of nitrogens with one attached hydrogen (secondary N) is 3. The van der Waals surface area contributed by atoms with Crippen LogP contribution in [0.3, 0.4) is 0 Å². The van der Waals surface area contributed by atoms with Crippen molar-refractivity contribution in [2.45, 2.75) is 38.3 Å². The van der Waals surface area contributed by atoms with Gasteiger partial charge in [-0.25, -0.2) is 0 Å². The van der Waals surface area contributed by atoms with Gasteiger partial charge in [0.05, 0.1) is 5.69 Å². The minimum absolute atomic E-state index is 0.0487. The molecule has 4 heterocycles. The van der Waals surface area contributed by atoms with Gasteiger partial charge >= 0.3 is 0 Å². The molecule has 0 bridgehead atoms. The number of pyridine rings is 2. The van der Waals surface area contributed by atoms with Gasteiger partial charge in [0.1, 0.15) is 5.69 Å². The average molecular weight is 515 g/mol. The molecular formula is C29H34N6O3. The van der Waals surface area contributed by atoms with E-state index in [1.807, 2.05) is 41.4 Å². The van der Waals surface area contributed by atoms with E-state index >= 15 is 0 Å². The number of piperidine rings is 1. The fraction of sp³-hybridized carbons (Fsp3) is 0.414. The largest absolute Gasteiger partial charge is 0.381 e. The van der Waals surface area contributed by atoms with Crippen molar-refractivity contribution in [3.8, 4) is 11.3 Å². The highest BCUT2D eigenvalue weighted by atomic mass is 16.5. The van der Waals surface area contributed by atoms with Gasteiger partial charge in [-0.05, 0) is 42.8 Å². The summed E-state index contributed by atoms with van der Waals surface area (Å²) >= 11 is 0. The van der Waals surface area contributed by atoms with Crippen molar-refractivity contribution < 1.29 is 14.3 Å². The molecule has 5 rings (SSSR count). The summed E-state index contributed by atoms with van der Waals surface area (Å²) in [6, 6.07) is 12.0. The fourth-order valence-electron chi connectivity index (χ4n) is 5.47. The molecule has 0 saturated carbocycles. The summed E-state index contributed by atoms with van der Waals surface area (Å²) in [5.74, 6) is -0.309. The Balaban J connectivity index is 1.43. The molecule has 2 aromatic heterocycles. The highest BCUT2D eigenvalue weighted by Gasteiger charge is 2.35. The monoisotopic (exact) mass is 514 g/mol. The van der Waals surface area contributed by atoms with Crippen LogP contribution in [-0.4, -0.2) is 77.8 Å². The molecule has 2 unspecified atom stereocenters. The summed E-state index contributed by atoms with van der Waals surface area (Å²) in [5, 5.41) is 17.6. The standard InChI is InChI=1S/C29H34N6O3/c1-18(36)35-11-8-25(34-21-9-12-38-13-10-21)24(17-35)28(30)22-5-3-4-19-14-27(33-16-23(19)22)20-6-7-26(32-15-20)29(37)31-2/h3-7,14-16,21,24-25,30,34H,8-13,17H2,1-2H3,(H,31,37). The number of rotatable bonds is 6. The van der Waals surface area contributed by atoms with Gasteiger partial charge in [-0.2, -0.15) is 0 Å². The van der Waals surface area contributed by atoms with E-state index in [1.54, 1.807) is 26.2 Å². The van der Waals surface area contributed by atoms with Crippen LogP contribution in [0.15, 0.2) is 48.8 Å². The lowest BCUT2D eigenvalue weighted by molar-refractivity contribution is -0.130. The van der Waals surface area contributed by atoms with Gasteiger partial charge < -0.3 is 25.7 Å². The van der Waals surface area contributed by atoms with E-state index in [-0.39, 0.29) is 23.8 Å². The number of carbonyl (C=O) groups excluding carboxylic acids is 2. The number of hydrogen-bond donors (Lipinski definition) is 3. The first-order chi connectivity index (χ1) is 18.4. The molecule has 0 aliphatic carbocycles. The molecule has 2 amide bonds. The van der Waals surface area contributed by atoms with Gasteiger partial charge in [-0.3, -0.25) is 19.6 Å². The van der Waals surface area contributed by atoms with E-state index in [0.717, 1.165) is 60.1 Å². The Labute approximate surface area is 222 Å². The number of benzene rings is 1. The molecule has 1 aromatic carbocycles. The van der Waals surface area contributed by atoms with Crippen molar-refractivity contribution >= 4 is 28.3 Å². The lowest BCUT2D eigenvalue weighted by atomic mass is 9.83. The zero-order valence-corrected chi connectivity index (χ0v) is 21.9. The van der Waals surface area contributed by atoms with E-state index in [4.69, 9.17) is 4.74 Å². The summed E-state index contributed by atoms with van der Waals surface area (Å²) in [4.78, 5) is 34.9. The minimum atomic E-state index is -0.234. The Morgan fingerprint density at radius 2 is 1.89 bits per heavy atom. The van der Waals surface area contributed by atoms with E-state index < -0.39 is 0 Å². The topological polar surface area (TPSA) is 120 Å². The molecule has 2 aliphatic rings. The second-order valence-corrected chi connectivity index (χ2v) is 10.0. The van der Waals surface area contributed by atoms with E-state index in [9.17, 15) is 15.0 Å². The Bertz CT molecular complexity index is 1340.